The minimum Gasteiger partial charge on any atom is -0.404 e. The van der Waals surface area contributed by atoms with E-state index in [2.05, 4.69) is 83.1 Å². The van der Waals surface area contributed by atoms with Crippen LogP contribution < -0.4 is 10.4 Å². The van der Waals surface area contributed by atoms with E-state index in [9.17, 15) is 4.79 Å². The summed E-state index contributed by atoms with van der Waals surface area (Å²) in [6.07, 6.45) is 1.44. The minimum absolute atomic E-state index is 0.155. The van der Waals surface area contributed by atoms with Crippen LogP contribution in [0.1, 0.15) is 54.9 Å². The lowest BCUT2D eigenvalue weighted by Crippen LogP contribution is -2.68. The number of aldehydes is 1. The maximum absolute atomic E-state index is 12.6. The molecule has 0 bridgehead atoms. The van der Waals surface area contributed by atoms with Crippen molar-refractivity contribution in [3.63, 3.8) is 0 Å². The Hall–Kier alpha value is -1.79. The molecule has 2 aromatic carbocycles. The van der Waals surface area contributed by atoms with Gasteiger partial charge in [-0.3, -0.25) is 4.79 Å². The summed E-state index contributed by atoms with van der Waals surface area (Å²) < 4.78 is 19.6. The third-order valence-corrected chi connectivity index (χ3v) is 11.6. The van der Waals surface area contributed by atoms with Crippen LogP contribution in [-0.2, 0) is 18.7 Å². The van der Waals surface area contributed by atoms with Crippen molar-refractivity contribution >= 4 is 25.0 Å². The fourth-order valence-electron chi connectivity index (χ4n) is 4.98. The summed E-state index contributed by atoms with van der Waals surface area (Å²) in [5.41, 5.74) is -1.15. The number of ether oxygens (including phenoxy) is 2. The minimum atomic E-state index is -2.80. The van der Waals surface area contributed by atoms with Gasteiger partial charge in [0, 0.05) is 0 Å². The van der Waals surface area contributed by atoms with Gasteiger partial charge in [0.1, 0.15) is 6.10 Å². The van der Waals surface area contributed by atoms with Gasteiger partial charge < -0.3 is 13.9 Å². The van der Waals surface area contributed by atoms with Crippen molar-refractivity contribution in [2.75, 3.05) is 6.61 Å². The molecule has 0 spiro atoms. The molecule has 1 heterocycles. The SMILES string of the molecule is CC[C@H](C)[C@@H]1OC(C)(C)O[C@]1(C=O)CO[Si](c1ccccc1)(c1ccccc1)C(C)(C)C. The molecule has 1 saturated heterocycles. The first-order valence-corrected chi connectivity index (χ1v) is 13.5. The lowest BCUT2D eigenvalue weighted by atomic mass is 9.88. The number of hydrogen-bond acceptors (Lipinski definition) is 4. The van der Waals surface area contributed by atoms with Gasteiger partial charge in [-0.2, -0.15) is 0 Å². The second kappa shape index (κ2) is 9.22. The highest BCUT2D eigenvalue weighted by atomic mass is 28.4. The Morgan fingerprint density at radius 1 is 1.03 bits per heavy atom. The highest BCUT2D eigenvalue weighted by Gasteiger charge is 2.58. The molecule has 3 atom stereocenters. The van der Waals surface area contributed by atoms with E-state index in [0.29, 0.717) is 0 Å². The van der Waals surface area contributed by atoms with Gasteiger partial charge >= 0.3 is 0 Å². The monoisotopic (exact) mass is 454 g/mol. The summed E-state index contributed by atoms with van der Waals surface area (Å²) >= 11 is 0. The average Bonchev–Trinajstić information content (AvgIpc) is 3.05. The molecule has 2 aromatic rings. The summed E-state index contributed by atoms with van der Waals surface area (Å²) in [4.78, 5) is 12.6. The largest absolute Gasteiger partial charge is 0.404 e. The Balaban J connectivity index is 2.12. The van der Waals surface area contributed by atoms with Gasteiger partial charge in [-0.15, -0.1) is 0 Å². The Labute approximate surface area is 194 Å². The van der Waals surface area contributed by atoms with Gasteiger partial charge in [0.2, 0.25) is 0 Å². The Bertz CT molecular complexity index is 851. The number of carbonyl (C=O) groups excluding carboxylic acids is 1. The van der Waals surface area contributed by atoms with Crippen LogP contribution in [0.25, 0.3) is 0 Å². The van der Waals surface area contributed by atoms with Crippen molar-refractivity contribution in [1.82, 2.24) is 0 Å². The molecule has 4 nitrogen and oxygen atoms in total. The summed E-state index contributed by atoms with van der Waals surface area (Å²) in [7, 11) is -2.80. The van der Waals surface area contributed by atoms with E-state index in [1.165, 1.54) is 10.4 Å². The maximum Gasteiger partial charge on any atom is 0.261 e. The van der Waals surface area contributed by atoms with E-state index in [4.69, 9.17) is 13.9 Å². The molecule has 0 aliphatic carbocycles. The van der Waals surface area contributed by atoms with Crippen molar-refractivity contribution in [2.45, 2.75) is 77.4 Å². The van der Waals surface area contributed by atoms with E-state index in [-0.39, 0.29) is 23.7 Å². The summed E-state index contributed by atoms with van der Waals surface area (Å²) in [6.45, 7) is 14.8. The second-order valence-corrected chi connectivity index (χ2v) is 14.8. The Morgan fingerprint density at radius 3 is 1.94 bits per heavy atom. The molecule has 0 N–H and O–H groups in total. The fraction of sp³-hybridized carbons (Fsp3) is 0.519. The van der Waals surface area contributed by atoms with Gasteiger partial charge in [-0.25, -0.2) is 0 Å². The molecule has 1 fully saturated rings. The molecule has 0 amide bonds. The predicted molar refractivity (Wildman–Crippen MR) is 132 cm³/mol. The molecule has 32 heavy (non-hydrogen) atoms. The molecule has 1 aliphatic rings. The standard InChI is InChI=1S/C27H38O4Si/c1-8-21(2)24-27(19-28,31-26(6,7)30-24)20-29-32(25(3,4)5,22-15-11-9-12-16-22)23-17-13-10-14-18-23/h9-19,21,24H,8,20H2,1-7H3/t21-,24-,27+/m0/s1. The molecule has 5 heteroatoms. The molecule has 1 aliphatic heterocycles. The van der Waals surface area contributed by atoms with Crippen molar-refractivity contribution in [2.24, 2.45) is 5.92 Å². The zero-order chi connectivity index (χ0) is 23.6. The summed E-state index contributed by atoms with van der Waals surface area (Å²) in [5, 5.41) is 2.18. The van der Waals surface area contributed by atoms with Crippen LogP contribution in [-0.4, -0.2) is 38.7 Å². The van der Waals surface area contributed by atoms with Crippen LogP contribution in [0.3, 0.4) is 0 Å². The van der Waals surface area contributed by atoms with Gasteiger partial charge in [0.05, 0.1) is 6.61 Å². The smallest absolute Gasteiger partial charge is 0.261 e. The summed E-state index contributed by atoms with van der Waals surface area (Å²) in [6, 6.07) is 20.9. The van der Waals surface area contributed by atoms with Crippen molar-refractivity contribution in [3.05, 3.63) is 60.7 Å². The molecular weight excluding hydrogens is 416 g/mol. The number of benzene rings is 2. The van der Waals surface area contributed by atoms with Crippen LogP contribution in [0, 0.1) is 5.92 Å². The van der Waals surface area contributed by atoms with Gasteiger partial charge in [-0.05, 0) is 35.2 Å². The molecule has 3 rings (SSSR count). The first-order valence-electron chi connectivity index (χ1n) is 11.6. The zero-order valence-corrected chi connectivity index (χ0v) is 21.6. The lowest BCUT2D eigenvalue weighted by Gasteiger charge is -2.45. The molecular formula is C27H38O4Si. The second-order valence-electron chi connectivity index (χ2n) is 10.5. The van der Waals surface area contributed by atoms with Crippen LogP contribution >= 0.6 is 0 Å². The first kappa shape index (κ1) is 24.8. The summed E-state index contributed by atoms with van der Waals surface area (Å²) in [5.74, 6) is -0.686. The maximum atomic E-state index is 12.6. The predicted octanol–water partition coefficient (Wildman–Crippen LogP) is 4.70. The Morgan fingerprint density at radius 2 is 1.53 bits per heavy atom. The first-order chi connectivity index (χ1) is 15.0. The van der Waals surface area contributed by atoms with Gasteiger partial charge in [0.25, 0.3) is 8.32 Å². The van der Waals surface area contributed by atoms with E-state index >= 15 is 0 Å². The third kappa shape index (κ3) is 4.49. The quantitative estimate of drug-likeness (QED) is 0.428. The highest BCUT2D eigenvalue weighted by molar-refractivity contribution is 6.99. The van der Waals surface area contributed by atoms with Crippen LogP contribution in [0.2, 0.25) is 5.04 Å². The molecule has 174 valence electrons. The van der Waals surface area contributed by atoms with Crippen LogP contribution in [0.4, 0.5) is 0 Å². The van der Waals surface area contributed by atoms with E-state index in [1.54, 1.807) is 0 Å². The van der Waals surface area contributed by atoms with Crippen molar-refractivity contribution in [3.8, 4) is 0 Å². The highest BCUT2D eigenvalue weighted by Crippen LogP contribution is 2.42. The topological polar surface area (TPSA) is 44.8 Å². The number of rotatable bonds is 8. The fourth-order valence-corrected chi connectivity index (χ4v) is 9.57. The van der Waals surface area contributed by atoms with Gasteiger partial charge in [0.15, 0.2) is 17.7 Å². The number of carbonyl (C=O) groups is 1. The zero-order valence-electron chi connectivity index (χ0n) is 20.6. The van der Waals surface area contributed by atoms with Crippen LogP contribution in [0.15, 0.2) is 60.7 Å². The van der Waals surface area contributed by atoms with E-state index in [1.807, 2.05) is 26.0 Å². The molecule has 0 aromatic heterocycles. The number of hydrogen-bond donors (Lipinski definition) is 0. The average molecular weight is 455 g/mol. The van der Waals surface area contributed by atoms with Crippen LogP contribution in [0.5, 0.6) is 0 Å². The van der Waals surface area contributed by atoms with E-state index in [0.717, 1.165) is 12.7 Å². The van der Waals surface area contributed by atoms with Crippen molar-refractivity contribution in [1.29, 1.82) is 0 Å². The molecule has 0 radical (unpaired) electrons. The lowest BCUT2D eigenvalue weighted by molar-refractivity contribution is -0.171. The van der Waals surface area contributed by atoms with Crippen molar-refractivity contribution < 1.29 is 18.7 Å². The molecule has 0 saturated carbocycles. The third-order valence-electron chi connectivity index (χ3n) is 6.62. The normalized spacial score (nSPS) is 24.3. The van der Waals surface area contributed by atoms with Gasteiger partial charge in [-0.1, -0.05) is 102 Å². The Kier molecular flexibility index (Phi) is 7.16. The molecule has 0 unspecified atom stereocenters. The van der Waals surface area contributed by atoms with E-state index < -0.39 is 19.7 Å².